The van der Waals surface area contributed by atoms with Gasteiger partial charge in [0.05, 0.1) is 11.8 Å². The van der Waals surface area contributed by atoms with E-state index in [1.54, 1.807) is 0 Å². The number of hydrogen-bond donors (Lipinski definition) is 1. The number of primary amides is 1. The lowest BCUT2D eigenvalue weighted by Gasteiger charge is -2.11. The van der Waals surface area contributed by atoms with Crippen molar-refractivity contribution in [3.63, 3.8) is 0 Å². The third kappa shape index (κ3) is 3.01. The highest BCUT2D eigenvalue weighted by molar-refractivity contribution is 5.71. The Balaban J connectivity index is 3.83. The molecule has 0 aromatic carbocycles. The van der Waals surface area contributed by atoms with Crippen molar-refractivity contribution in [3.05, 3.63) is 4.91 Å². The Morgan fingerprint density at radius 2 is 2.20 bits per heavy atom. The zero-order valence-corrected chi connectivity index (χ0v) is 6.07. The van der Waals surface area contributed by atoms with E-state index in [1.165, 1.54) is 0 Å². The molecule has 0 aliphatic carbocycles. The fourth-order valence-electron chi connectivity index (χ4n) is 0.509. The molecule has 0 aliphatic heterocycles. The smallest absolute Gasteiger partial charge is 0.337 e. The van der Waals surface area contributed by atoms with Crippen molar-refractivity contribution in [2.45, 2.75) is 13.8 Å². The summed E-state index contributed by atoms with van der Waals surface area (Å²) in [7, 11) is 0. The highest BCUT2D eigenvalue weighted by Gasteiger charge is 2.10. The SMILES string of the molecule is CC(C)CN(N=O)C(N)=O. The standard InChI is InChI=1S/C5H11N3O2/c1-4(2)3-8(7-10)5(6)9/h4H,3H2,1-2H3,(H2,6,9). The first-order valence-electron chi connectivity index (χ1n) is 2.98. The molecule has 0 aliphatic rings. The quantitative estimate of drug-likeness (QED) is 0.469. The maximum absolute atomic E-state index is 10.3. The monoisotopic (exact) mass is 145 g/mol. The van der Waals surface area contributed by atoms with E-state index in [1.807, 2.05) is 13.8 Å². The number of nitrogens with zero attached hydrogens (tertiary/aromatic N) is 2. The van der Waals surface area contributed by atoms with Crippen molar-refractivity contribution in [2.24, 2.45) is 16.9 Å². The molecule has 0 heterocycles. The van der Waals surface area contributed by atoms with E-state index in [0.717, 1.165) is 0 Å². The highest BCUT2D eigenvalue weighted by Crippen LogP contribution is 1.97. The van der Waals surface area contributed by atoms with Crippen molar-refractivity contribution < 1.29 is 4.79 Å². The summed E-state index contributed by atoms with van der Waals surface area (Å²) < 4.78 is 0. The van der Waals surface area contributed by atoms with Crippen LogP contribution in [0.5, 0.6) is 0 Å². The minimum Gasteiger partial charge on any atom is -0.350 e. The van der Waals surface area contributed by atoms with Crippen LogP contribution in [-0.2, 0) is 0 Å². The van der Waals surface area contributed by atoms with Gasteiger partial charge in [0, 0.05) is 0 Å². The van der Waals surface area contributed by atoms with Gasteiger partial charge in [-0.3, -0.25) is 0 Å². The van der Waals surface area contributed by atoms with Crippen LogP contribution in [0.4, 0.5) is 4.79 Å². The molecule has 0 atom stereocenters. The largest absolute Gasteiger partial charge is 0.350 e. The number of nitroso groups, excluding NO2 is 1. The number of nitrogens with two attached hydrogens (primary N) is 1. The van der Waals surface area contributed by atoms with Gasteiger partial charge in [0.25, 0.3) is 0 Å². The van der Waals surface area contributed by atoms with Gasteiger partial charge in [-0.15, -0.1) is 4.91 Å². The zero-order valence-electron chi connectivity index (χ0n) is 6.07. The summed E-state index contributed by atoms with van der Waals surface area (Å²) in [5.41, 5.74) is 4.79. The second kappa shape index (κ2) is 3.81. The molecule has 0 fully saturated rings. The lowest BCUT2D eigenvalue weighted by atomic mass is 10.2. The number of urea groups is 1. The van der Waals surface area contributed by atoms with Crippen molar-refractivity contribution in [1.29, 1.82) is 0 Å². The van der Waals surface area contributed by atoms with Crippen LogP contribution in [0, 0.1) is 10.8 Å². The first-order chi connectivity index (χ1) is 4.57. The van der Waals surface area contributed by atoms with E-state index in [0.29, 0.717) is 5.01 Å². The van der Waals surface area contributed by atoms with Crippen molar-refractivity contribution in [3.8, 4) is 0 Å². The lowest BCUT2D eigenvalue weighted by molar-refractivity contribution is 0.202. The number of carbonyl (C=O) groups is 1. The molecule has 5 nitrogen and oxygen atoms in total. The maximum Gasteiger partial charge on any atom is 0.337 e. The van der Waals surface area contributed by atoms with E-state index < -0.39 is 6.03 Å². The minimum atomic E-state index is -0.802. The summed E-state index contributed by atoms with van der Waals surface area (Å²) in [5.74, 6) is 0.199. The first-order valence-corrected chi connectivity index (χ1v) is 2.98. The lowest BCUT2D eigenvalue weighted by Crippen LogP contribution is -2.33. The van der Waals surface area contributed by atoms with Crippen molar-refractivity contribution >= 4 is 6.03 Å². The second-order valence-electron chi connectivity index (χ2n) is 2.40. The minimum absolute atomic E-state index is 0.199. The average molecular weight is 145 g/mol. The molecular weight excluding hydrogens is 134 g/mol. The van der Waals surface area contributed by atoms with Crippen LogP contribution in [-0.4, -0.2) is 17.6 Å². The van der Waals surface area contributed by atoms with E-state index >= 15 is 0 Å². The molecule has 0 rings (SSSR count). The van der Waals surface area contributed by atoms with Gasteiger partial charge in [-0.2, -0.15) is 5.01 Å². The van der Waals surface area contributed by atoms with Gasteiger partial charge in [-0.1, -0.05) is 13.8 Å². The van der Waals surface area contributed by atoms with Gasteiger partial charge in [-0.05, 0) is 5.92 Å². The number of hydrogen-bond acceptors (Lipinski definition) is 3. The summed E-state index contributed by atoms with van der Waals surface area (Å²) in [5, 5.41) is 3.14. The molecule has 10 heavy (non-hydrogen) atoms. The third-order valence-corrected chi connectivity index (χ3v) is 0.891. The van der Waals surface area contributed by atoms with Crippen LogP contribution < -0.4 is 5.73 Å². The summed E-state index contributed by atoms with van der Waals surface area (Å²) >= 11 is 0. The predicted molar refractivity (Wildman–Crippen MR) is 36.9 cm³/mol. The van der Waals surface area contributed by atoms with Gasteiger partial charge < -0.3 is 5.73 Å². The Hall–Kier alpha value is -1.13. The molecule has 0 saturated heterocycles. The Kier molecular flexibility index (Phi) is 3.38. The molecule has 58 valence electrons. The van der Waals surface area contributed by atoms with Gasteiger partial charge >= 0.3 is 6.03 Å². The molecule has 0 aromatic rings. The number of carbonyl (C=O) groups excluding carboxylic acids is 1. The molecule has 2 N–H and O–H groups in total. The number of amides is 2. The molecule has 0 saturated carbocycles. The summed E-state index contributed by atoms with van der Waals surface area (Å²) in [4.78, 5) is 20.2. The molecule has 0 bridgehead atoms. The Labute approximate surface area is 59.1 Å². The van der Waals surface area contributed by atoms with Gasteiger partial charge in [-0.25, -0.2) is 4.79 Å². The normalized spacial score (nSPS) is 9.50. The van der Waals surface area contributed by atoms with Crippen molar-refractivity contribution in [2.75, 3.05) is 6.54 Å². The zero-order chi connectivity index (χ0) is 8.15. The first kappa shape index (κ1) is 8.87. The summed E-state index contributed by atoms with van der Waals surface area (Å²) in [6, 6.07) is -0.802. The highest BCUT2D eigenvalue weighted by atomic mass is 16.3. The van der Waals surface area contributed by atoms with Crippen LogP contribution in [0.3, 0.4) is 0 Å². The van der Waals surface area contributed by atoms with E-state index in [4.69, 9.17) is 5.73 Å². The van der Waals surface area contributed by atoms with Gasteiger partial charge in [0.15, 0.2) is 0 Å². The van der Waals surface area contributed by atoms with Crippen LogP contribution in [0.25, 0.3) is 0 Å². The molecule has 5 heteroatoms. The molecule has 0 aromatic heterocycles. The Morgan fingerprint density at radius 3 is 2.30 bits per heavy atom. The molecule has 0 radical (unpaired) electrons. The van der Waals surface area contributed by atoms with Gasteiger partial charge in [0.2, 0.25) is 0 Å². The van der Waals surface area contributed by atoms with Crippen LogP contribution in [0.15, 0.2) is 5.29 Å². The third-order valence-electron chi connectivity index (χ3n) is 0.891. The van der Waals surface area contributed by atoms with E-state index in [2.05, 4.69) is 5.29 Å². The molecule has 0 unspecified atom stereocenters. The van der Waals surface area contributed by atoms with Crippen LogP contribution >= 0.6 is 0 Å². The van der Waals surface area contributed by atoms with E-state index in [-0.39, 0.29) is 12.5 Å². The number of rotatable bonds is 3. The Morgan fingerprint density at radius 1 is 1.70 bits per heavy atom. The second-order valence-corrected chi connectivity index (χ2v) is 2.40. The van der Waals surface area contributed by atoms with E-state index in [9.17, 15) is 9.70 Å². The average Bonchev–Trinajstić information content (AvgIpc) is 1.81. The maximum atomic E-state index is 10.3. The van der Waals surface area contributed by atoms with Crippen LogP contribution in [0.1, 0.15) is 13.8 Å². The summed E-state index contributed by atoms with van der Waals surface area (Å²) in [6.45, 7) is 4.00. The molecular formula is C5H11N3O2. The molecule has 0 spiro atoms. The fraction of sp³-hybridized carbons (Fsp3) is 0.800. The van der Waals surface area contributed by atoms with Gasteiger partial charge in [0.1, 0.15) is 0 Å². The Bertz CT molecular complexity index is 135. The molecule has 2 amide bonds. The van der Waals surface area contributed by atoms with Crippen molar-refractivity contribution in [1.82, 2.24) is 5.01 Å². The van der Waals surface area contributed by atoms with Crippen LogP contribution in [0.2, 0.25) is 0 Å². The summed E-state index contributed by atoms with van der Waals surface area (Å²) in [6.07, 6.45) is 0. The predicted octanol–water partition coefficient (Wildman–Crippen LogP) is 0.705. The fourth-order valence-corrected chi connectivity index (χ4v) is 0.509. The topological polar surface area (TPSA) is 75.8 Å².